The van der Waals surface area contributed by atoms with E-state index < -0.39 is 0 Å². The second-order valence-electron chi connectivity index (χ2n) is 2.83. The molecule has 0 spiro atoms. The first-order chi connectivity index (χ1) is 6.25. The van der Waals surface area contributed by atoms with Crippen molar-refractivity contribution in [2.45, 2.75) is 6.10 Å². The molecule has 1 aromatic rings. The smallest absolute Gasteiger partial charge is 0.407 e. The molecule has 13 heavy (non-hydrogen) atoms. The summed E-state index contributed by atoms with van der Waals surface area (Å²) in [6.07, 6.45) is -0.537. The lowest BCUT2D eigenvalue weighted by molar-refractivity contribution is 0.141. The number of cyclic esters (lactones) is 1. The highest BCUT2D eigenvalue weighted by atomic mass is 35.5. The van der Waals surface area contributed by atoms with Crippen molar-refractivity contribution in [3.8, 4) is 0 Å². The van der Waals surface area contributed by atoms with Gasteiger partial charge in [-0.2, -0.15) is 0 Å². The minimum atomic E-state index is -0.361. The monoisotopic (exact) mass is 197 g/mol. The fourth-order valence-corrected chi connectivity index (χ4v) is 1.38. The second-order valence-corrected chi connectivity index (χ2v) is 3.26. The summed E-state index contributed by atoms with van der Waals surface area (Å²) in [6, 6.07) is 7.27. The third-order valence-corrected chi connectivity index (χ3v) is 2.17. The Morgan fingerprint density at radius 1 is 1.38 bits per heavy atom. The predicted octanol–water partition coefficient (Wildman–Crippen LogP) is 2.12. The molecule has 2 rings (SSSR count). The van der Waals surface area contributed by atoms with Gasteiger partial charge < -0.3 is 10.1 Å². The molecule has 3 nitrogen and oxygen atoms in total. The molecule has 0 aliphatic carbocycles. The molecule has 1 saturated heterocycles. The number of hydrogen-bond acceptors (Lipinski definition) is 2. The Kier molecular flexibility index (Phi) is 2.10. The van der Waals surface area contributed by atoms with Crippen LogP contribution in [0.15, 0.2) is 24.3 Å². The molecule has 0 saturated carbocycles. The van der Waals surface area contributed by atoms with Crippen molar-refractivity contribution in [3.63, 3.8) is 0 Å². The normalized spacial score (nSPS) is 21.0. The fourth-order valence-electron chi connectivity index (χ4n) is 1.25. The average Bonchev–Trinajstić information content (AvgIpc) is 2.53. The van der Waals surface area contributed by atoms with Gasteiger partial charge in [-0.15, -0.1) is 0 Å². The van der Waals surface area contributed by atoms with Crippen LogP contribution < -0.4 is 5.32 Å². The quantitative estimate of drug-likeness (QED) is 0.749. The third kappa shape index (κ3) is 1.75. The fraction of sp³-hybridized carbons (Fsp3) is 0.222. The lowest BCUT2D eigenvalue weighted by atomic mass is 10.1. The number of rotatable bonds is 1. The van der Waals surface area contributed by atoms with Crippen molar-refractivity contribution >= 4 is 17.7 Å². The van der Waals surface area contributed by atoms with Crippen LogP contribution in [0, 0.1) is 0 Å². The van der Waals surface area contributed by atoms with Gasteiger partial charge in [-0.25, -0.2) is 4.79 Å². The minimum absolute atomic E-state index is 0.176. The standard InChI is InChI=1S/C9H8ClNO2/c10-7-3-1-6(2-4-7)8-5-11-9(12)13-8/h1-4,8H,5H2,(H,11,12). The molecule has 1 unspecified atom stereocenters. The molecule has 1 aliphatic heterocycles. The maximum Gasteiger partial charge on any atom is 0.407 e. The molecular weight excluding hydrogens is 190 g/mol. The highest BCUT2D eigenvalue weighted by Crippen LogP contribution is 2.21. The summed E-state index contributed by atoms with van der Waals surface area (Å²) in [5.41, 5.74) is 0.961. The number of amides is 1. The highest BCUT2D eigenvalue weighted by Gasteiger charge is 2.23. The molecule has 1 amide bonds. The van der Waals surface area contributed by atoms with Gasteiger partial charge in [0.1, 0.15) is 6.10 Å². The molecule has 1 heterocycles. The van der Waals surface area contributed by atoms with Gasteiger partial charge in [0, 0.05) is 5.02 Å². The van der Waals surface area contributed by atoms with Crippen LogP contribution in [0.4, 0.5) is 4.79 Å². The van der Waals surface area contributed by atoms with Gasteiger partial charge in [0.15, 0.2) is 0 Å². The Bertz CT molecular complexity index is 323. The number of nitrogens with one attached hydrogen (secondary N) is 1. The molecule has 0 aromatic heterocycles. The summed E-state index contributed by atoms with van der Waals surface area (Å²) in [6.45, 7) is 0.528. The van der Waals surface area contributed by atoms with Gasteiger partial charge in [-0.1, -0.05) is 23.7 Å². The summed E-state index contributed by atoms with van der Waals surface area (Å²) >= 11 is 5.72. The van der Waals surface area contributed by atoms with Crippen LogP contribution in [0.25, 0.3) is 0 Å². The molecule has 4 heteroatoms. The number of benzene rings is 1. The number of carbonyl (C=O) groups excluding carboxylic acids is 1. The van der Waals surface area contributed by atoms with E-state index >= 15 is 0 Å². The van der Waals surface area contributed by atoms with E-state index in [9.17, 15) is 4.79 Å². The first-order valence-corrected chi connectivity index (χ1v) is 4.33. The third-order valence-electron chi connectivity index (χ3n) is 1.92. The topological polar surface area (TPSA) is 38.3 Å². The maximum absolute atomic E-state index is 10.7. The van der Waals surface area contributed by atoms with Crippen molar-refractivity contribution < 1.29 is 9.53 Å². The molecule has 68 valence electrons. The van der Waals surface area contributed by atoms with Crippen molar-refractivity contribution in [2.24, 2.45) is 0 Å². The van der Waals surface area contributed by atoms with Crippen molar-refractivity contribution in [1.82, 2.24) is 5.32 Å². The molecule has 1 aromatic carbocycles. The van der Waals surface area contributed by atoms with Crippen LogP contribution in [0.1, 0.15) is 11.7 Å². The molecule has 1 fully saturated rings. The zero-order valence-corrected chi connectivity index (χ0v) is 7.54. The molecular formula is C9H8ClNO2. The number of hydrogen-bond donors (Lipinski definition) is 1. The van der Waals surface area contributed by atoms with E-state index in [-0.39, 0.29) is 12.2 Å². The summed E-state index contributed by atoms with van der Waals surface area (Å²) in [5.74, 6) is 0. The molecule has 1 N–H and O–H groups in total. The van der Waals surface area contributed by atoms with Crippen LogP contribution in [0.3, 0.4) is 0 Å². The van der Waals surface area contributed by atoms with Crippen LogP contribution in [-0.2, 0) is 4.74 Å². The second kappa shape index (κ2) is 3.26. The first kappa shape index (κ1) is 8.38. The summed E-state index contributed by atoms with van der Waals surface area (Å²) in [5, 5.41) is 3.27. The summed E-state index contributed by atoms with van der Waals surface area (Å²) in [4.78, 5) is 10.7. The number of carbonyl (C=O) groups is 1. The van der Waals surface area contributed by atoms with Crippen LogP contribution in [-0.4, -0.2) is 12.6 Å². The van der Waals surface area contributed by atoms with E-state index in [1.807, 2.05) is 12.1 Å². The van der Waals surface area contributed by atoms with E-state index in [1.54, 1.807) is 12.1 Å². The number of ether oxygens (including phenoxy) is 1. The maximum atomic E-state index is 10.7. The van der Waals surface area contributed by atoms with Crippen molar-refractivity contribution in [2.75, 3.05) is 6.54 Å². The number of halogens is 1. The van der Waals surface area contributed by atoms with Gasteiger partial charge >= 0.3 is 6.09 Å². The van der Waals surface area contributed by atoms with Crippen LogP contribution >= 0.6 is 11.6 Å². The van der Waals surface area contributed by atoms with Gasteiger partial charge in [0.05, 0.1) is 6.54 Å². The first-order valence-electron chi connectivity index (χ1n) is 3.95. The lowest BCUT2D eigenvalue weighted by Gasteiger charge is -2.06. The minimum Gasteiger partial charge on any atom is -0.439 e. The van der Waals surface area contributed by atoms with Crippen LogP contribution in [0.2, 0.25) is 5.02 Å². The van der Waals surface area contributed by atoms with Gasteiger partial charge in [0.25, 0.3) is 0 Å². The van der Waals surface area contributed by atoms with E-state index in [2.05, 4.69) is 5.32 Å². The van der Waals surface area contributed by atoms with Gasteiger partial charge in [-0.3, -0.25) is 0 Å². The molecule has 0 bridgehead atoms. The lowest BCUT2D eigenvalue weighted by Crippen LogP contribution is -2.12. The average molecular weight is 198 g/mol. The van der Waals surface area contributed by atoms with Crippen molar-refractivity contribution in [3.05, 3.63) is 34.9 Å². The Labute approximate surface area is 80.6 Å². The summed E-state index contributed by atoms with van der Waals surface area (Å²) < 4.78 is 4.99. The van der Waals surface area contributed by atoms with Crippen LogP contribution in [0.5, 0.6) is 0 Å². The Hall–Kier alpha value is -1.22. The van der Waals surface area contributed by atoms with E-state index in [4.69, 9.17) is 16.3 Å². The zero-order chi connectivity index (χ0) is 9.26. The van der Waals surface area contributed by atoms with Gasteiger partial charge in [0.2, 0.25) is 0 Å². The largest absolute Gasteiger partial charge is 0.439 e. The Morgan fingerprint density at radius 3 is 2.62 bits per heavy atom. The zero-order valence-electron chi connectivity index (χ0n) is 6.79. The van der Waals surface area contributed by atoms with Gasteiger partial charge in [-0.05, 0) is 17.7 Å². The van der Waals surface area contributed by atoms with Crippen molar-refractivity contribution in [1.29, 1.82) is 0 Å². The highest BCUT2D eigenvalue weighted by molar-refractivity contribution is 6.30. The van der Waals surface area contributed by atoms with E-state index in [1.165, 1.54) is 0 Å². The Balaban J connectivity index is 2.17. The van der Waals surface area contributed by atoms with E-state index in [0.29, 0.717) is 11.6 Å². The Morgan fingerprint density at radius 2 is 2.08 bits per heavy atom. The molecule has 1 aliphatic rings. The summed E-state index contributed by atoms with van der Waals surface area (Å²) in [7, 11) is 0. The van der Waals surface area contributed by atoms with E-state index in [0.717, 1.165) is 5.56 Å². The molecule has 1 atom stereocenters. The SMILES string of the molecule is O=C1NCC(c2ccc(Cl)cc2)O1. The number of alkyl carbamates (subject to hydrolysis) is 1. The molecule has 0 radical (unpaired) electrons. The predicted molar refractivity (Wildman–Crippen MR) is 48.7 cm³/mol.